The van der Waals surface area contributed by atoms with Crippen LogP contribution in [0.2, 0.25) is 0 Å². The molecule has 2 heteroatoms. The summed E-state index contributed by atoms with van der Waals surface area (Å²) in [7, 11) is 0. The van der Waals surface area contributed by atoms with Gasteiger partial charge in [0.1, 0.15) is 0 Å². The number of aliphatic hydroxyl groups excluding tert-OH is 1. The van der Waals surface area contributed by atoms with Crippen molar-refractivity contribution in [3.05, 3.63) is 35.4 Å². The number of aliphatic hydroxyl groups is 1. The topological polar surface area (TPSA) is 20.2 Å². The summed E-state index contributed by atoms with van der Waals surface area (Å²) in [5, 5.41) is 9.28. The zero-order valence-corrected chi connectivity index (χ0v) is 10.2. The Balaban J connectivity index is 2.16. The molecule has 1 aromatic rings. The zero-order chi connectivity index (χ0) is 10.9. The lowest BCUT2D eigenvalue weighted by Crippen LogP contribution is -2.22. The average molecular weight is 222 g/mol. The van der Waals surface area contributed by atoms with Crippen molar-refractivity contribution < 1.29 is 5.11 Å². The third-order valence-corrected chi connectivity index (χ3v) is 4.47. The predicted octanol–water partition coefficient (Wildman–Crippen LogP) is 2.79. The van der Waals surface area contributed by atoms with Gasteiger partial charge >= 0.3 is 0 Å². The van der Waals surface area contributed by atoms with Crippen molar-refractivity contribution in [2.75, 3.05) is 18.1 Å². The first-order valence-corrected chi connectivity index (χ1v) is 6.58. The van der Waals surface area contributed by atoms with E-state index in [0.717, 1.165) is 5.92 Å². The summed E-state index contributed by atoms with van der Waals surface area (Å²) in [6.45, 7) is 4.34. The van der Waals surface area contributed by atoms with Gasteiger partial charge in [-0.05, 0) is 11.1 Å². The van der Waals surface area contributed by atoms with Crippen LogP contribution in [0.25, 0.3) is 0 Å². The van der Waals surface area contributed by atoms with E-state index in [1.165, 1.54) is 22.6 Å². The van der Waals surface area contributed by atoms with E-state index < -0.39 is 0 Å². The van der Waals surface area contributed by atoms with E-state index in [0.29, 0.717) is 0 Å². The minimum Gasteiger partial charge on any atom is -0.395 e. The van der Waals surface area contributed by atoms with Crippen molar-refractivity contribution in [3.63, 3.8) is 0 Å². The maximum atomic E-state index is 9.28. The van der Waals surface area contributed by atoms with Gasteiger partial charge < -0.3 is 5.11 Å². The molecule has 1 fully saturated rings. The van der Waals surface area contributed by atoms with E-state index in [4.69, 9.17) is 0 Å². The third-order valence-electron chi connectivity index (χ3n) is 3.20. The van der Waals surface area contributed by atoms with Crippen LogP contribution in [-0.4, -0.2) is 23.2 Å². The molecule has 0 aliphatic carbocycles. The normalized spacial score (nSPS) is 17.5. The second-order valence-corrected chi connectivity index (χ2v) is 5.97. The highest BCUT2D eigenvalue weighted by Gasteiger charge is 2.22. The van der Waals surface area contributed by atoms with Crippen molar-refractivity contribution in [3.8, 4) is 0 Å². The molecule has 1 aliphatic rings. The van der Waals surface area contributed by atoms with Gasteiger partial charge in [-0.15, -0.1) is 0 Å². The van der Waals surface area contributed by atoms with Gasteiger partial charge in [-0.25, -0.2) is 0 Å². The largest absolute Gasteiger partial charge is 0.395 e. The van der Waals surface area contributed by atoms with E-state index in [2.05, 4.69) is 38.1 Å². The summed E-state index contributed by atoms with van der Waals surface area (Å²) >= 11 is 2.01. The number of hydrogen-bond acceptors (Lipinski definition) is 2. The standard InChI is InChI=1S/C13H18OS/c1-13(2,9-14)12-5-3-10(4-6-12)11-7-15-8-11/h3-6,11,14H,7-9H2,1-2H3. The minimum absolute atomic E-state index is 0.118. The second kappa shape index (κ2) is 4.18. The van der Waals surface area contributed by atoms with Gasteiger partial charge in [0.2, 0.25) is 0 Å². The second-order valence-electron chi connectivity index (χ2n) is 4.90. The molecule has 0 spiro atoms. The number of hydrogen-bond donors (Lipinski definition) is 1. The Bertz CT molecular complexity index is 325. The molecule has 1 aliphatic heterocycles. The van der Waals surface area contributed by atoms with Crippen molar-refractivity contribution in [2.24, 2.45) is 0 Å². The van der Waals surface area contributed by atoms with Gasteiger partial charge in [0, 0.05) is 22.8 Å². The molecule has 0 unspecified atom stereocenters. The molecule has 0 amide bonds. The van der Waals surface area contributed by atoms with E-state index in [9.17, 15) is 5.11 Å². The smallest absolute Gasteiger partial charge is 0.0522 e. The first kappa shape index (κ1) is 11.0. The summed E-state index contributed by atoms with van der Waals surface area (Å²) in [5.41, 5.74) is 2.55. The molecular formula is C13H18OS. The van der Waals surface area contributed by atoms with Crippen LogP contribution in [0.4, 0.5) is 0 Å². The van der Waals surface area contributed by atoms with Gasteiger partial charge in [-0.1, -0.05) is 38.1 Å². The molecule has 1 N–H and O–H groups in total. The molecule has 1 aromatic carbocycles. The average Bonchev–Trinajstić information content (AvgIpc) is 2.16. The highest BCUT2D eigenvalue weighted by Crippen LogP contribution is 2.34. The van der Waals surface area contributed by atoms with Gasteiger partial charge in [-0.2, -0.15) is 11.8 Å². The molecule has 82 valence electrons. The molecule has 0 bridgehead atoms. The van der Waals surface area contributed by atoms with Crippen LogP contribution in [0.1, 0.15) is 30.9 Å². The van der Waals surface area contributed by atoms with E-state index in [1.54, 1.807) is 0 Å². The highest BCUT2D eigenvalue weighted by molar-refractivity contribution is 8.00. The fourth-order valence-corrected chi connectivity index (χ4v) is 2.58. The first-order valence-electron chi connectivity index (χ1n) is 5.42. The summed E-state index contributed by atoms with van der Waals surface area (Å²) in [6, 6.07) is 8.76. The Morgan fingerprint density at radius 2 is 1.87 bits per heavy atom. The van der Waals surface area contributed by atoms with Crippen LogP contribution in [0.3, 0.4) is 0 Å². The zero-order valence-electron chi connectivity index (χ0n) is 9.36. The van der Waals surface area contributed by atoms with Crippen molar-refractivity contribution in [1.82, 2.24) is 0 Å². The lowest BCUT2D eigenvalue weighted by atomic mass is 9.84. The van der Waals surface area contributed by atoms with Crippen LogP contribution in [-0.2, 0) is 5.41 Å². The fraction of sp³-hybridized carbons (Fsp3) is 0.538. The van der Waals surface area contributed by atoms with Gasteiger partial charge in [0.15, 0.2) is 0 Å². The summed E-state index contributed by atoms with van der Waals surface area (Å²) in [4.78, 5) is 0. The lowest BCUT2D eigenvalue weighted by Gasteiger charge is -2.27. The molecule has 1 nitrogen and oxygen atoms in total. The Morgan fingerprint density at radius 1 is 1.27 bits per heavy atom. The SMILES string of the molecule is CC(C)(CO)c1ccc(C2CSC2)cc1. The molecule has 0 radical (unpaired) electrons. The van der Waals surface area contributed by atoms with Crippen molar-refractivity contribution in [1.29, 1.82) is 0 Å². The summed E-state index contributed by atoms with van der Waals surface area (Å²) in [5.74, 6) is 3.30. The Hall–Kier alpha value is -0.470. The van der Waals surface area contributed by atoms with Crippen LogP contribution >= 0.6 is 11.8 Å². The monoisotopic (exact) mass is 222 g/mol. The lowest BCUT2D eigenvalue weighted by molar-refractivity contribution is 0.218. The van der Waals surface area contributed by atoms with Crippen LogP contribution in [0.15, 0.2) is 24.3 Å². The number of rotatable bonds is 3. The van der Waals surface area contributed by atoms with Crippen molar-refractivity contribution in [2.45, 2.75) is 25.2 Å². The van der Waals surface area contributed by atoms with E-state index in [-0.39, 0.29) is 12.0 Å². The van der Waals surface area contributed by atoms with E-state index in [1.807, 2.05) is 11.8 Å². The molecule has 2 rings (SSSR count). The van der Waals surface area contributed by atoms with Gasteiger partial charge in [0.25, 0.3) is 0 Å². The van der Waals surface area contributed by atoms with Gasteiger partial charge in [-0.3, -0.25) is 0 Å². The third kappa shape index (κ3) is 2.21. The Kier molecular flexibility index (Phi) is 3.08. The quantitative estimate of drug-likeness (QED) is 0.848. The molecule has 0 saturated carbocycles. The fourth-order valence-electron chi connectivity index (χ4n) is 1.73. The molecule has 15 heavy (non-hydrogen) atoms. The van der Waals surface area contributed by atoms with Crippen LogP contribution < -0.4 is 0 Å². The maximum absolute atomic E-state index is 9.28. The summed E-state index contributed by atoms with van der Waals surface area (Å²) < 4.78 is 0. The molecular weight excluding hydrogens is 204 g/mol. The van der Waals surface area contributed by atoms with Gasteiger partial charge in [0.05, 0.1) is 6.61 Å². The number of benzene rings is 1. The summed E-state index contributed by atoms with van der Waals surface area (Å²) in [6.07, 6.45) is 0. The highest BCUT2D eigenvalue weighted by atomic mass is 32.2. The van der Waals surface area contributed by atoms with E-state index >= 15 is 0 Å². The van der Waals surface area contributed by atoms with Crippen molar-refractivity contribution >= 4 is 11.8 Å². The molecule has 1 heterocycles. The molecule has 0 atom stereocenters. The van der Waals surface area contributed by atoms with Crippen LogP contribution in [0, 0.1) is 0 Å². The predicted molar refractivity (Wildman–Crippen MR) is 66.6 cm³/mol. The molecule has 0 aromatic heterocycles. The number of thioether (sulfide) groups is 1. The molecule has 1 saturated heterocycles. The minimum atomic E-state index is -0.118. The van der Waals surface area contributed by atoms with Crippen LogP contribution in [0.5, 0.6) is 0 Å². The Labute approximate surface area is 95.9 Å². The maximum Gasteiger partial charge on any atom is 0.0522 e. The first-order chi connectivity index (χ1) is 7.13. The Morgan fingerprint density at radius 3 is 2.27 bits per heavy atom.